The minimum absolute atomic E-state index is 0.0248. The van der Waals surface area contributed by atoms with Gasteiger partial charge in [0.15, 0.2) is 0 Å². The summed E-state index contributed by atoms with van der Waals surface area (Å²) in [5.74, 6) is 0.979. The van der Waals surface area contributed by atoms with Crippen molar-refractivity contribution in [3.63, 3.8) is 0 Å². The van der Waals surface area contributed by atoms with Gasteiger partial charge in [0.25, 0.3) is 0 Å². The second-order valence-electron chi connectivity index (χ2n) is 3.53. The first-order valence-corrected chi connectivity index (χ1v) is 4.59. The molecule has 2 rings (SSSR count). The van der Waals surface area contributed by atoms with E-state index in [-0.39, 0.29) is 5.84 Å². The van der Waals surface area contributed by atoms with Gasteiger partial charge in [-0.3, -0.25) is 9.81 Å². The van der Waals surface area contributed by atoms with Gasteiger partial charge in [0, 0.05) is 14.1 Å². The summed E-state index contributed by atoms with van der Waals surface area (Å²) < 4.78 is 1.86. The first-order valence-electron chi connectivity index (χ1n) is 4.59. The van der Waals surface area contributed by atoms with Crippen LogP contribution < -0.4 is 10.6 Å². The van der Waals surface area contributed by atoms with Crippen molar-refractivity contribution in [2.45, 2.75) is 0 Å². The van der Waals surface area contributed by atoms with Gasteiger partial charge in [-0.05, 0) is 12.1 Å². The van der Waals surface area contributed by atoms with Gasteiger partial charge in [-0.2, -0.15) is 0 Å². The molecule has 0 aromatic carbocycles. The second kappa shape index (κ2) is 3.27. The number of hydrogen-bond donors (Lipinski definition) is 2. The molecule has 0 amide bonds. The van der Waals surface area contributed by atoms with Crippen LogP contribution in [0.3, 0.4) is 0 Å². The van der Waals surface area contributed by atoms with Crippen LogP contribution in [0.15, 0.2) is 24.4 Å². The molecule has 2 aromatic rings. The molecule has 0 fully saturated rings. The number of nitrogens with one attached hydrogen (secondary N) is 1. The van der Waals surface area contributed by atoms with Crippen LogP contribution in [0.4, 0.5) is 5.82 Å². The average molecular weight is 203 g/mol. The molecule has 0 aliphatic heterocycles. The van der Waals surface area contributed by atoms with Crippen LogP contribution in [0.25, 0.3) is 5.65 Å². The lowest BCUT2D eigenvalue weighted by Crippen LogP contribution is -2.18. The van der Waals surface area contributed by atoms with Gasteiger partial charge in [0.1, 0.15) is 23.0 Å². The maximum Gasteiger partial charge on any atom is 0.141 e. The lowest BCUT2D eigenvalue weighted by Gasteiger charge is -2.15. The third kappa shape index (κ3) is 1.41. The van der Waals surface area contributed by atoms with Crippen LogP contribution in [0.2, 0.25) is 0 Å². The van der Waals surface area contributed by atoms with Crippen LogP contribution in [0, 0.1) is 5.41 Å². The van der Waals surface area contributed by atoms with E-state index in [1.807, 2.05) is 41.6 Å². The van der Waals surface area contributed by atoms with Crippen LogP contribution >= 0.6 is 0 Å². The van der Waals surface area contributed by atoms with Crippen molar-refractivity contribution in [3.05, 3.63) is 30.1 Å². The van der Waals surface area contributed by atoms with Gasteiger partial charge in [-0.15, -0.1) is 0 Å². The Hall–Kier alpha value is -2.04. The highest BCUT2D eigenvalue weighted by Gasteiger charge is 2.09. The highest BCUT2D eigenvalue weighted by molar-refractivity contribution is 5.94. The van der Waals surface area contributed by atoms with Crippen molar-refractivity contribution >= 4 is 17.3 Å². The summed E-state index contributed by atoms with van der Waals surface area (Å²) in [4.78, 5) is 6.16. The Kier molecular flexibility index (Phi) is 2.07. The van der Waals surface area contributed by atoms with E-state index in [0.29, 0.717) is 5.69 Å². The van der Waals surface area contributed by atoms with Crippen molar-refractivity contribution in [1.82, 2.24) is 9.38 Å². The Labute approximate surface area is 87.6 Å². The lowest BCUT2D eigenvalue weighted by atomic mass is 10.4. The van der Waals surface area contributed by atoms with E-state index >= 15 is 0 Å². The topological polar surface area (TPSA) is 70.4 Å². The van der Waals surface area contributed by atoms with Crippen LogP contribution in [-0.4, -0.2) is 29.3 Å². The average Bonchev–Trinajstić information content (AvgIpc) is 2.60. The third-order valence-electron chi connectivity index (χ3n) is 2.24. The molecule has 5 nitrogen and oxygen atoms in total. The molecule has 2 aromatic heterocycles. The van der Waals surface area contributed by atoms with Gasteiger partial charge in [-0.1, -0.05) is 6.07 Å². The maximum atomic E-state index is 7.47. The van der Waals surface area contributed by atoms with E-state index in [2.05, 4.69) is 4.98 Å². The molecule has 0 aliphatic rings. The molecule has 0 saturated heterocycles. The Balaban J connectivity index is 2.80. The van der Waals surface area contributed by atoms with Crippen molar-refractivity contribution in [2.24, 2.45) is 5.73 Å². The maximum absolute atomic E-state index is 7.47. The summed E-state index contributed by atoms with van der Waals surface area (Å²) >= 11 is 0. The molecule has 0 spiro atoms. The number of nitrogen functional groups attached to an aromatic ring is 1. The number of aromatic nitrogens is 2. The zero-order chi connectivity index (χ0) is 11.0. The number of imidazole rings is 1. The summed E-state index contributed by atoms with van der Waals surface area (Å²) in [6, 6.07) is 5.78. The van der Waals surface area contributed by atoms with Crippen molar-refractivity contribution in [3.8, 4) is 0 Å². The van der Waals surface area contributed by atoms with E-state index < -0.39 is 0 Å². The summed E-state index contributed by atoms with van der Waals surface area (Å²) in [5, 5.41) is 7.47. The van der Waals surface area contributed by atoms with E-state index in [0.717, 1.165) is 11.5 Å². The molecule has 3 N–H and O–H groups in total. The molecule has 15 heavy (non-hydrogen) atoms. The summed E-state index contributed by atoms with van der Waals surface area (Å²) in [7, 11) is 3.89. The molecule has 0 unspecified atom stereocenters. The molecule has 2 heterocycles. The molecule has 5 heteroatoms. The van der Waals surface area contributed by atoms with Gasteiger partial charge in [-0.25, -0.2) is 4.98 Å². The van der Waals surface area contributed by atoms with E-state index in [1.54, 1.807) is 6.20 Å². The highest BCUT2D eigenvalue weighted by Crippen LogP contribution is 2.16. The molecular formula is C10H13N5. The Morgan fingerprint density at radius 1 is 1.47 bits per heavy atom. The highest BCUT2D eigenvalue weighted by atomic mass is 15.2. The third-order valence-corrected chi connectivity index (χ3v) is 2.24. The number of nitrogens with two attached hydrogens (primary N) is 1. The molecule has 78 valence electrons. The number of anilines is 1. The van der Waals surface area contributed by atoms with Crippen molar-refractivity contribution in [2.75, 3.05) is 19.0 Å². The first kappa shape index (κ1) is 9.51. The van der Waals surface area contributed by atoms with Gasteiger partial charge in [0.2, 0.25) is 0 Å². The fourth-order valence-electron chi connectivity index (χ4n) is 1.56. The standard InChI is InChI=1S/C10H13N5/c1-14(2)9-5-3-4-8-13-6-7(10(11)12)15(8)9/h3-6H,1-2H3,(H3,11,12). The predicted molar refractivity (Wildman–Crippen MR) is 60.5 cm³/mol. The molecule has 0 atom stereocenters. The Morgan fingerprint density at radius 2 is 2.20 bits per heavy atom. The summed E-state index contributed by atoms with van der Waals surface area (Å²) in [5.41, 5.74) is 6.91. The van der Waals surface area contributed by atoms with E-state index in [4.69, 9.17) is 11.1 Å². The quantitative estimate of drug-likeness (QED) is 0.557. The SMILES string of the molecule is CN(C)c1cccc2ncc(C(=N)N)n12. The van der Waals surface area contributed by atoms with Crippen LogP contribution in [0.5, 0.6) is 0 Å². The van der Waals surface area contributed by atoms with Crippen molar-refractivity contribution in [1.29, 1.82) is 5.41 Å². The summed E-state index contributed by atoms with van der Waals surface area (Å²) in [6.45, 7) is 0. The molecule has 0 bridgehead atoms. The first-order chi connectivity index (χ1) is 7.11. The van der Waals surface area contributed by atoms with Crippen LogP contribution in [-0.2, 0) is 0 Å². The van der Waals surface area contributed by atoms with E-state index in [9.17, 15) is 0 Å². The second-order valence-corrected chi connectivity index (χ2v) is 3.53. The minimum Gasteiger partial charge on any atom is -0.382 e. The fraction of sp³-hybridized carbons (Fsp3) is 0.200. The minimum atomic E-state index is 0.0248. The Bertz CT molecular complexity index is 512. The number of rotatable bonds is 2. The normalized spacial score (nSPS) is 10.5. The number of amidine groups is 1. The zero-order valence-corrected chi connectivity index (χ0v) is 8.73. The molecule has 0 radical (unpaired) electrons. The van der Waals surface area contributed by atoms with Gasteiger partial charge >= 0.3 is 0 Å². The molecule has 0 saturated carbocycles. The summed E-state index contributed by atoms with van der Waals surface area (Å²) in [6.07, 6.45) is 1.62. The monoisotopic (exact) mass is 203 g/mol. The molecular weight excluding hydrogens is 190 g/mol. The fourth-order valence-corrected chi connectivity index (χ4v) is 1.56. The lowest BCUT2D eigenvalue weighted by molar-refractivity contribution is 1.02. The van der Waals surface area contributed by atoms with Gasteiger partial charge < -0.3 is 10.6 Å². The smallest absolute Gasteiger partial charge is 0.141 e. The molecule has 0 aliphatic carbocycles. The number of pyridine rings is 1. The van der Waals surface area contributed by atoms with Gasteiger partial charge in [0.05, 0.1) is 6.20 Å². The largest absolute Gasteiger partial charge is 0.382 e. The van der Waals surface area contributed by atoms with E-state index in [1.165, 1.54) is 0 Å². The number of fused-ring (bicyclic) bond motifs is 1. The van der Waals surface area contributed by atoms with Crippen LogP contribution in [0.1, 0.15) is 5.69 Å². The Morgan fingerprint density at radius 3 is 2.80 bits per heavy atom. The van der Waals surface area contributed by atoms with Crippen molar-refractivity contribution < 1.29 is 0 Å². The predicted octanol–water partition coefficient (Wildman–Crippen LogP) is 0.684. The number of hydrogen-bond acceptors (Lipinski definition) is 3. The zero-order valence-electron chi connectivity index (χ0n) is 8.73. The number of nitrogens with zero attached hydrogens (tertiary/aromatic N) is 3.